The van der Waals surface area contributed by atoms with Gasteiger partial charge in [0.2, 0.25) is 10.0 Å². The number of anilines is 1. The fraction of sp³-hybridized carbons (Fsp3) is 0.462. The first-order chi connectivity index (χ1) is 9.30. The van der Waals surface area contributed by atoms with Crippen molar-refractivity contribution >= 4 is 21.7 Å². The second kappa shape index (κ2) is 7.25. The van der Waals surface area contributed by atoms with E-state index in [4.69, 9.17) is 0 Å². The summed E-state index contributed by atoms with van der Waals surface area (Å²) in [5.41, 5.74) is 0.689. The van der Waals surface area contributed by atoms with Crippen molar-refractivity contribution in [1.82, 2.24) is 9.62 Å². The number of sulfonamides is 1. The van der Waals surface area contributed by atoms with Gasteiger partial charge in [0.15, 0.2) is 0 Å². The molecule has 6 nitrogen and oxygen atoms in total. The van der Waals surface area contributed by atoms with Gasteiger partial charge in [-0.1, -0.05) is 18.2 Å². The van der Waals surface area contributed by atoms with E-state index >= 15 is 0 Å². The number of hydrogen-bond donors (Lipinski definition) is 2. The number of hydrogen-bond acceptors (Lipinski definition) is 3. The Bertz CT molecular complexity index is 529. The van der Waals surface area contributed by atoms with Gasteiger partial charge >= 0.3 is 6.03 Å². The van der Waals surface area contributed by atoms with Gasteiger partial charge in [0.05, 0.1) is 6.26 Å². The second-order valence-electron chi connectivity index (χ2n) is 4.71. The van der Waals surface area contributed by atoms with Gasteiger partial charge in [-0.2, -0.15) is 4.31 Å². The van der Waals surface area contributed by atoms with Gasteiger partial charge in [0.25, 0.3) is 0 Å². The molecule has 0 aliphatic rings. The molecule has 0 aromatic heterocycles. The summed E-state index contributed by atoms with van der Waals surface area (Å²) in [6.45, 7) is 4.10. The Morgan fingerprint density at radius 2 is 1.85 bits per heavy atom. The molecule has 0 atom stereocenters. The number of nitrogens with zero attached hydrogens (tertiary/aromatic N) is 1. The van der Waals surface area contributed by atoms with Crippen molar-refractivity contribution in [1.29, 1.82) is 0 Å². The minimum atomic E-state index is -3.26. The number of urea groups is 1. The van der Waals surface area contributed by atoms with Gasteiger partial charge in [-0.3, -0.25) is 0 Å². The third-order valence-electron chi connectivity index (χ3n) is 2.65. The molecule has 0 spiro atoms. The lowest BCUT2D eigenvalue weighted by Gasteiger charge is -2.23. The SMILES string of the molecule is CC(C)N(CCNC(=O)Nc1ccccc1)S(C)(=O)=O. The Labute approximate surface area is 120 Å². The van der Waals surface area contributed by atoms with Crippen LogP contribution in [-0.4, -0.2) is 44.1 Å². The van der Waals surface area contributed by atoms with Gasteiger partial charge in [0, 0.05) is 24.8 Å². The fourth-order valence-corrected chi connectivity index (χ4v) is 2.97. The van der Waals surface area contributed by atoms with Gasteiger partial charge in [-0.25, -0.2) is 13.2 Å². The third kappa shape index (κ3) is 5.58. The molecule has 0 aliphatic carbocycles. The molecule has 7 heteroatoms. The highest BCUT2D eigenvalue weighted by Crippen LogP contribution is 2.05. The third-order valence-corrected chi connectivity index (χ3v) is 4.11. The van der Waals surface area contributed by atoms with Crippen LogP contribution in [0.1, 0.15) is 13.8 Å². The first-order valence-corrected chi connectivity index (χ1v) is 8.22. The molecule has 0 saturated carbocycles. The van der Waals surface area contributed by atoms with E-state index in [-0.39, 0.29) is 25.2 Å². The van der Waals surface area contributed by atoms with E-state index in [1.165, 1.54) is 4.31 Å². The smallest absolute Gasteiger partial charge is 0.319 e. The van der Waals surface area contributed by atoms with Gasteiger partial charge < -0.3 is 10.6 Å². The van der Waals surface area contributed by atoms with Crippen molar-refractivity contribution in [2.75, 3.05) is 24.7 Å². The minimum Gasteiger partial charge on any atom is -0.337 e. The number of benzene rings is 1. The molecule has 1 aromatic carbocycles. The highest BCUT2D eigenvalue weighted by molar-refractivity contribution is 7.88. The van der Waals surface area contributed by atoms with Crippen LogP contribution in [0.3, 0.4) is 0 Å². The summed E-state index contributed by atoms with van der Waals surface area (Å²) in [5, 5.41) is 5.30. The molecule has 1 aromatic rings. The molecule has 112 valence electrons. The van der Waals surface area contributed by atoms with Crippen LogP contribution in [0.4, 0.5) is 10.5 Å². The van der Waals surface area contributed by atoms with Crippen LogP contribution >= 0.6 is 0 Å². The zero-order valence-electron chi connectivity index (χ0n) is 12.0. The summed E-state index contributed by atoms with van der Waals surface area (Å²) < 4.78 is 24.4. The van der Waals surface area contributed by atoms with Crippen molar-refractivity contribution < 1.29 is 13.2 Å². The molecule has 2 amide bonds. The average molecular weight is 299 g/mol. The molecule has 0 fully saturated rings. The van der Waals surface area contributed by atoms with Crippen LogP contribution in [0, 0.1) is 0 Å². The van der Waals surface area contributed by atoms with E-state index in [0.717, 1.165) is 6.26 Å². The molecule has 0 aliphatic heterocycles. The standard InChI is InChI=1S/C13H21N3O3S/c1-11(2)16(20(3,18)19)10-9-14-13(17)15-12-7-5-4-6-8-12/h4-8,11H,9-10H2,1-3H3,(H2,14,15,17). The van der Waals surface area contributed by atoms with Crippen LogP contribution in [0.2, 0.25) is 0 Å². The summed E-state index contributed by atoms with van der Waals surface area (Å²) in [4.78, 5) is 11.6. The van der Waals surface area contributed by atoms with Crippen molar-refractivity contribution in [3.05, 3.63) is 30.3 Å². The Morgan fingerprint density at radius 3 is 2.35 bits per heavy atom. The topological polar surface area (TPSA) is 78.5 Å². The quantitative estimate of drug-likeness (QED) is 0.835. The highest BCUT2D eigenvalue weighted by atomic mass is 32.2. The lowest BCUT2D eigenvalue weighted by Crippen LogP contribution is -2.42. The van der Waals surface area contributed by atoms with Crippen LogP contribution in [0.5, 0.6) is 0 Å². The molecular formula is C13H21N3O3S. The maximum Gasteiger partial charge on any atom is 0.319 e. The molecule has 20 heavy (non-hydrogen) atoms. The summed E-state index contributed by atoms with van der Waals surface area (Å²) in [6.07, 6.45) is 1.16. The van der Waals surface area contributed by atoms with Crippen molar-refractivity contribution in [2.24, 2.45) is 0 Å². The first kappa shape index (κ1) is 16.5. The molecule has 0 bridgehead atoms. The van der Waals surface area contributed by atoms with Crippen LogP contribution in [-0.2, 0) is 10.0 Å². The van der Waals surface area contributed by atoms with Crippen LogP contribution in [0.25, 0.3) is 0 Å². The predicted molar refractivity (Wildman–Crippen MR) is 80.1 cm³/mol. The Morgan fingerprint density at radius 1 is 1.25 bits per heavy atom. The molecule has 0 unspecified atom stereocenters. The minimum absolute atomic E-state index is 0.135. The Hall–Kier alpha value is -1.60. The normalized spacial score (nSPS) is 11.7. The maximum absolute atomic E-state index is 11.6. The van der Waals surface area contributed by atoms with E-state index in [1.807, 2.05) is 18.2 Å². The summed E-state index contributed by atoms with van der Waals surface area (Å²) >= 11 is 0. The lowest BCUT2D eigenvalue weighted by molar-refractivity contribution is 0.250. The molecule has 0 saturated heterocycles. The van der Waals surface area contributed by atoms with Gasteiger partial charge in [-0.05, 0) is 26.0 Å². The number of rotatable bonds is 6. The Kier molecular flexibility index (Phi) is 5.97. The molecule has 0 radical (unpaired) electrons. The summed E-state index contributed by atoms with van der Waals surface area (Å²) in [5.74, 6) is 0. The van der Waals surface area contributed by atoms with E-state index in [2.05, 4.69) is 10.6 Å². The zero-order valence-corrected chi connectivity index (χ0v) is 12.8. The number of carbonyl (C=O) groups excluding carboxylic acids is 1. The van der Waals surface area contributed by atoms with Crippen LogP contribution in [0.15, 0.2) is 30.3 Å². The largest absolute Gasteiger partial charge is 0.337 e. The molecule has 1 rings (SSSR count). The number of amides is 2. The lowest BCUT2D eigenvalue weighted by atomic mass is 10.3. The van der Waals surface area contributed by atoms with E-state index in [0.29, 0.717) is 5.69 Å². The second-order valence-corrected chi connectivity index (χ2v) is 6.65. The van der Waals surface area contributed by atoms with Gasteiger partial charge in [0.1, 0.15) is 0 Å². The maximum atomic E-state index is 11.6. The number of carbonyl (C=O) groups is 1. The summed E-state index contributed by atoms with van der Waals surface area (Å²) in [6, 6.07) is 8.56. The molecule has 2 N–H and O–H groups in total. The first-order valence-electron chi connectivity index (χ1n) is 6.37. The monoisotopic (exact) mass is 299 g/mol. The van der Waals surface area contributed by atoms with Crippen molar-refractivity contribution in [2.45, 2.75) is 19.9 Å². The van der Waals surface area contributed by atoms with E-state index in [1.54, 1.807) is 26.0 Å². The molecule has 0 heterocycles. The van der Waals surface area contributed by atoms with E-state index < -0.39 is 10.0 Å². The van der Waals surface area contributed by atoms with Crippen LogP contribution < -0.4 is 10.6 Å². The van der Waals surface area contributed by atoms with Crippen molar-refractivity contribution in [3.8, 4) is 0 Å². The van der Waals surface area contributed by atoms with Gasteiger partial charge in [-0.15, -0.1) is 0 Å². The Balaban J connectivity index is 2.42. The summed E-state index contributed by atoms with van der Waals surface area (Å²) in [7, 11) is -3.26. The molecular weight excluding hydrogens is 278 g/mol. The number of para-hydroxylation sites is 1. The fourth-order valence-electron chi connectivity index (χ4n) is 1.78. The zero-order chi connectivity index (χ0) is 15.2. The van der Waals surface area contributed by atoms with E-state index in [9.17, 15) is 13.2 Å². The van der Waals surface area contributed by atoms with Crippen molar-refractivity contribution in [3.63, 3.8) is 0 Å². The number of nitrogens with one attached hydrogen (secondary N) is 2. The average Bonchev–Trinajstić information content (AvgIpc) is 2.33. The predicted octanol–water partition coefficient (Wildman–Crippen LogP) is 1.48. The highest BCUT2D eigenvalue weighted by Gasteiger charge is 2.19.